The second-order valence-corrected chi connectivity index (χ2v) is 6.77. The summed E-state index contributed by atoms with van der Waals surface area (Å²) in [6, 6.07) is 4.18. The maximum atomic E-state index is 12.9. The summed E-state index contributed by atoms with van der Waals surface area (Å²) in [7, 11) is 1.33. The molecule has 2 heterocycles. The van der Waals surface area contributed by atoms with Crippen molar-refractivity contribution >= 4 is 11.8 Å². The zero-order chi connectivity index (χ0) is 20.1. The molecule has 2 aliphatic heterocycles. The van der Waals surface area contributed by atoms with E-state index in [1.807, 2.05) is 0 Å². The predicted molar refractivity (Wildman–Crippen MR) is 95.7 cm³/mol. The van der Waals surface area contributed by atoms with Crippen molar-refractivity contribution in [2.75, 3.05) is 46.5 Å². The fraction of sp³-hybridized carbons (Fsp3) is 0.579. The molecule has 2 aliphatic rings. The quantitative estimate of drug-likeness (QED) is 0.759. The van der Waals surface area contributed by atoms with E-state index >= 15 is 0 Å². The van der Waals surface area contributed by atoms with Crippen molar-refractivity contribution < 1.29 is 32.6 Å². The average Bonchev–Trinajstić information content (AvgIpc) is 2.73. The number of methoxy groups -OCH3 is 1. The van der Waals surface area contributed by atoms with Gasteiger partial charge in [-0.25, -0.2) is 0 Å². The third-order valence-corrected chi connectivity index (χ3v) is 5.01. The summed E-state index contributed by atoms with van der Waals surface area (Å²) in [6.45, 7) is -0.00870. The Balaban J connectivity index is 1.70. The van der Waals surface area contributed by atoms with Gasteiger partial charge in [0, 0.05) is 31.7 Å². The molecule has 154 valence electrons. The highest BCUT2D eigenvalue weighted by atomic mass is 19.3. The van der Waals surface area contributed by atoms with E-state index in [1.165, 1.54) is 25.3 Å². The number of alkyl halides is 2. The summed E-state index contributed by atoms with van der Waals surface area (Å²) in [4.78, 5) is 29.0. The van der Waals surface area contributed by atoms with Crippen LogP contribution in [0.1, 0.15) is 23.2 Å². The fourth-order valence-corrected chi connectivity index (χ4v) is 3.59. The summed E-state index contributed by atoms with van der Waals surface area (Å²) >= 11 is 0. The number of benzene rings is 1. The van der Waals surface area contributed by atoms with E-state index < -0.39 is 6.61 Å². The number of halogens is 2. The number of hydrogen-bond acceptors (Lipinski definition) is 5. The Hall–Kier alpha value is -2.42. The largest absolute Gasteiger partial charge is 0.493 e. The van der Waals surface area contributed by atoms with Gasteiger partial charge in [-0.2, -0.15) is 8.78 Å². The summed E-state index contributed by atoms with van der Waals surface area (Å²) < 4.78 is 40.0. The number of nitrogens with zero attached hydrogens (tertiary/aromatic N) is 2. The van der Waals surface area contributed by atoms with E-state index in [4.69, 9.17) is 9.47 Å². The molecule has 1 atom stereocenters. The lowest BCUT2D eigenvalue weighted by atomic mass is 9.95. The van der Waals surface area contributed by atoms with Gasteiger partial charge >= 0.3 is 6.61 Å². The van der Waals surface area contributed by atoms with E-state index in [-0.39, 0.29) is 34.8 Å². The first-order valence-corrected chi connectivity index (χ1v) is 9.28. The van der Waals surface area contributed by atoms with Gasteiger partial charge in [0.1, 0.15) is 0 Å². The Bertz CT molecular complexity index is 710. The summed E-state index contributed by atoms with van der Waals surface area (Å²) in [5.41, 5.74) is 0.218. The molecule has 0 spiro atoms. The minimum Gasteiger partial charge on any atom is -0.493 e. The van der Waals surface area contributed by atoms with Gasteiger partial charge in [0.15, 0.2) is 11.5 Å². The van der Waals surface area contributed by atoms with Crippen LogP contribution in [0.4, 0.5) is 8.78 Å². The molecule has 7 nitrogen and oxygen atoms in total. The number of piperidine rings is 1. The van der Waals surface area contributed by atoms with E-state index in [0.717, 1.165) is 6.42 Å². The second-order valence-electron chi connectivity index (χ2n) is 6.77. The monoisotopic (exact) mass is 398 g/mol. The molecule has 0 radical (unpaired) electrons. The van der Waals surface area contributed by atoms with Crippen LogP contribution in [0, 0.1) is 5.92 Å². The first kappa shape index (κ1) is 20.3. The number of carbonyl (C=O) groups is 2. The molecule has 0 aliphatic carbocycles. The lowest BCUT2D eigenvalue weighted by molar-refractivity contribution is -0.141. The minimum atomic E-state index is -3.02. The van der Waals surface area contributed by atoms with Crippen LogP contribution in [-0.4, -0.2) is 74.7 Å². The van der Waals surface area contributed by atoms with Crippen molar-refractivity contribution in [3.05, 3.63) is 23.8 Å². The molecule has 3 rings (SSSR count). The highest BCUT2D eigenvalue weighted by Crippen LogP contribution is 2.30. The van der Waals surface area contributed by atoms with E-state index in [9.17, 15) is 18.4 Å². The Morgan fingerprint density at radius 1 is 1.14 bits per heavy atom. The third-order valence-electron chi connectivity index (χ3n) is 5.01. The third kappa shape index (κ3) is 4.70. The molecule has 9 heteroatoms. The lowest BCUT2D eigenvalue weighted by Crippen LogP contribution is -2.49. The van der Waals surface area contributed by atoms with Crippen molar-refractivity contribution in [3.8, 4) is 11.5 Å². The van der Waals surface area contributed by atoms with Crippen LogP contribution >= 0.6 is 0 Å². The minimum absolute atomic E-state index is 0.0391. The molecule has 2 fully saturated rings. The highest BCUT2D eigenvalue weighted by Gasteiger charge is 2.32. The van der Waals surface area contributed by atoms with Crippen LogP contribution in [0.5, 0.6) is 11.5 Å². The number of hydrogen-bond donors (Lipinski definition) is 0. The summed E-state index contributed by atoms with van der Waals surface area (Å²) in [5, 5.41) is 0. The second kappa shape index (κ2) is 9.18. The molecule has 0 N–H and O–H groups in total. The Kier molecular flexibility index (Phi) is 6.66. The van der Waals surface area contributed by atoms with E-state index in [1.54, 1.807) is 9.80 Å². The fourth-order valence-electron chi connectivity index (χ4n) is 3.59. The van der Waals surface area contributed by atoms with Crippen LogP contribution in [0.15, 0.2) is 18.2 Å². The van der Waals surface area contributed by atoms with Crippen molar-refractivity contribution in [3.63, 3.8) is 0 Å². The predicted octanol–water partition coefficient (Wildman–Crippen LogP) is 2.01. The van der Waals surface area contributed by atoms with E-state index in [2.05, 4.69) is 4.74 Å². The number of morpholine rings is 1. The standard InChI is InChI=1S/C19H24F2N2O5/c1-26-15-5-4-13(11-16(15)28-19(20)21)17(24)23-6-2-3-14(12-23)18(25)22-7-9-27-10-8-22/h4-5,11,14,19H,2-3,6-10,12H2,1H3/t14-/m1/s1. The Morgan fingerprint density at radius 2 is 1.89 bits per heavy atom. The molecule has 2 saturated heterocycles. The van der Waals surface area contributed by atoms with Crippen LogP contribution in [0.3, 0.4) is 0 Å². The zero-order valence-corrected chi connectivity index (χ0v) is 15.7. The van der Waals surface area contributed by atoms with Crippen LogP contribution in [-0.2, 0) is 9.53 Å². The molecule has 28 heavy (non-hydrogen) atoms. The Morgan fingerprint density at radius 3 is 2.57 bits per heavy atom. The molecule has 0 unspecified atom stereocenters. The SMILES string of the molecule is COc1ccc(C(=O)N2CCC[C@@H](C(=O)N3CCOCC3)C2)cc1OC(F)F. The number of rotatable bonds is 5. The number of ether oxygens (including phenoxy) is 3. The van der Waals surface area contributed by atoms with Gasteiger partial charge in [-0.1, -0.05) is 0 Å². The van der Waals surface area contributed by atoms with E-state index in [0.29, 0.717) is 45.8 Å². The molecule has 1 aromatic carbocycles. The Labute approximate surface area is 162 Å². The number of likely N-dealkylation sites (tertiary alicyclic amines) is 1. The van der Waals surface area contributed by atoms with Crippen molar-refractivity contribution in [2.24, 2.45) is 5.92 Å². The summed E-state index contributed by atoms with van der Waals surface area (Å²) in [5.74, 6) is -0.610. The normalized spacial score (nSPS) is 20.2. The topological polar surface area (TPSA) is 68.3 Å². The van der Waals surface area contributed by atoms with Gasteiger partial charge in [0.2, 0.25) is 5.91 Å². The van der Waals surface area contributed by atoms with Crippen LogP contribution in [0.25, 0.3) is 0 Å². The van der Waals surface area contributed by atoms with Gasteiger partial charge in [-0.05, 0) is 31.0 Å². The number of carbonyl (C=O) groups excluding carboxylic acids is 2. The molecule has 0 bridgehead atoms. The van der Waals surface area contributed by atoms with Crippen molar-refractivity contribution in [1.29, 1.82) is 0 Å². The first-order valence-electron chi connectivity index (χ1n) is 9.28. The molecule has 2 amide bonds. The summed E-state index contributed by atoms with van der Waals surface area (Å²) in [6.07, 6.45) is 1.44. The molecule has 1 aromatic rings. The highest BCUT2D eigenvalue weighted by molar-refractivity contribution is 5.95. The van der Waals surface area contributed by atoms with Gasteiger partial charge in [-0.15, -0.1) is 0 Å². The van der Waals surface area contributed by atoms with Gasteiger partial charge in [0.25, 0.3) is 5.91 Å². The average molecular weight is 398 g/mol. The van der Waals surface area contributed by atoms with Gasteiger partial charge in [-0.3, -0.25) is 9.59 Å². The molecular weight excluding hydrogens is 374 g/mol. The maximum absolute atomic E-state index is 12.9. The number of amides is 2. The first-order chi connectivity index (χ1) is 13.5. The molecular formula is C19H24F2N2O5. The zero-order valence-electron chi connectivity index (χ0n) is 15.7. The smallest absolute Gasteiger partial charge is 0.387 e. The lowest BCUT2D eigenvalue weighted by Gasteiger charge is -2.36. The maximum Gasteiger partial charge on any atom is 0.387 e. The molecule has 0 aromatic heterocycles. The van der Waals surface area contributed by atoms with Gasteiger partial charge < -0.3 is 24.0 Å². The molecule has 0 saturated carbocycles. The van der Waals surface area contributed by atoms with Crippen LogP contribution in [0.2, 0.25) is 0 Å². The van der Waals surface area contributed by atoms with Crippen molar-refractivity contribution in [1.82, 2.24) is 9.80 Å². The van der Waals surface area contributed by atoms with Crippen molar-refractivity contribution in [2.45, 2.75) is 19.5 Å². The van der Waals surface area contributed by atoms with Crippen LogP contribution < -0.4 is 9.47 Å². The van der Waals surface area contributed by atoms with Gasteiger partial charge in [0.05, 0.1) is 26.2 Å².